The molecule has 0 spiro atoms. The predicted molar refractivity (Wildman–Crippen MR) is 39.1 cm³/mol. The number of aliphatic hydroxyl groups is 1. The Morgan fingerprint density at radius 2 is 2.00 bits per heavy atom. The molecule has 0 rings (SSSR count). The van der Waals surface area contributed by atoms with Crippen molar-refractivity contribution in [2.45, 2.75) is 13.0 Å². The summed E-state index contributed by atoms with van der Waals surface area (Å²) in [6, 6.07) is 0. The topological polar surface area (TPSA) is 20.2 Å². The van der Waals surface area contributed by atoms with E-state index in [0.717, 1.165) is 0 Å². The van der Waals surface area contributed by atoms with Gasteiger partial charge in [-0.1, -0.05) is 12.2 Å². The van der Waals surface area contributed by atoms with Gasteiger partial charge in [0.2, 0.25) is 0 Å². The maximum atomic E-state index is 9.04. The molecule has 50 valence electrons. The van der Waals surface area contributed by atoms with Gasteiger partial charge in [-0.05, 0) is 26.7 Å². The smallest absolute Gasteiger partial charge is 0.0782 e. The van der Waals surface area contributed by atoms with Crippen molar-refractivity contribution in [3.63, 3.8) is 0 Å². The third-order valence-corrected chi connectivity index (χ3v) is 0.898. The fraction of sp³-hybridized carbons (Fsp3) is 0.250. The molecule has 0 bridgehead atoms. The van der Waals surface area contributed by atoms with E-state index in [-0.39, 0.29) is 0 Å². The Morgan fingerprint density at radius 3 is 2.11 bits per heavy atom. The SMILES string of the molecule is [CH2][C]([CH2])[CH][C@H](O)C(=C)C. The molecule has 0 aliphatic heterocycles. The molecule has 0 aromatic rings. The van der Waals surface area contributed by atoms with Crippen LogP contribution in [0.5, 0.6) is 0 Å². The molecule has 4 radical (unpaired) electrons. The summed E-state index contributed by atoms with van der Waals surface area (Å²) >= 11 is 0. The van der Waals surface area contributed by atoms with Gasteiger partial charge in [-0.25, -0.2) is 0 Å². The largest absolute Gasteiger partial charge is 0.388 e. The van der Waals surface area contributed by atoms with Gasteiger partial charge in [0.1, 0.15) is 0 Å². The molecular formula is C8H12O. The van der Waals surface area contributed by atoms with Crippen LogP contribution in [0.4, 0.5) is 0 Å². The van der Waals surface area contributed by atoms with Gasteiger partial charge in [-0.3, -0.25) is 0 Å². The third-order valence-electron chi connectivity index (χ3n) is 0.898. The van der Waals surface area contributed by atoms with E-state index in [1.54, 1.807) is 13.3 Å². The summed E-state index contributed by atoms with van der Waals surface area (Å²) < 4.78 is 0. The lowest BCUT2D eigenvalue weighted by molar-refractivity contribution is 0.244. The first-order valence-corrected chi connectivity index (χ1v) is 2.73. The van der Waals surface area contributed by atoms with E-state index in [4.69, 9.17) is 5.11 Å². The first-order chi connectivity index (χ1) is 4.04. The molecule has 1 N–H and O–H groups in total. The van der Waals surface area contributed by atoms with Crippen LogP contribution in [0.3, 0.4) is 0 Å². The van der Waals surface area contributed by atoms with E-state index >= 15 is 0 Å². The Kier molecular flexibility index (Phi) is 3.55. The van der Waals surface area contributed by atoms with E-state index in [1.165, 1.54) is 0 Å². The van der Waals surface area contributed by atoms with Gasteiger partial charge in [-0.15, -0.1) is 0 Å². The van der Waals surface area contributed by atoms with Crippen molar-refractivity contribution in [1.29, 1.82) is 0 Å². The number of rotatable bonds is 3. The summed E-state index contributed by atoms with van der Waals surface area (Å²) in [5.74, 6) is 0.616. The highest BCUT2D eigenvalue weighted by molar-refractivity contribution is 5.18. The van der Waals surface area contributed by atoms with Crippen LogP contribution in [-0.4, -0.2) is 11.2 Å². The zero-order chi connectivity index (χ0) is 7.44. The molecule has 0 saturated heterocycles. The average Bonchev–Trinajstić information content (AvgIpc) is 1.63. The zero-order valence-electron chi connectivity index (χ0n) is 5.72. The van der Waals surface area contributed by atoms with Crippen LogP contribution in [0.2, 0.25) is 0 Å². The van der Waals surface area contributed by atoms with Crippen LogP contribution < -0.4 is 0 Å². The van der Waals surface area contributed by atoms with E-state index in [9.17, 15) is 0 Å². The van der Waals surface area contributed by atoms with E-state index in [1.807, 2.05) is 0 Å². The molecule has 1 heteroatoms. The molecule has 0 amide bonds. The second-order valence-electron chi connectivity index (χ2n) is 2.12. The summed E-state index contributed by atoms with van der Waals surface area (Å²) in [5, 5.41) is 9.04. The molecule has 1 nitrogen and oxygen atoms in total. The van der Waals surface area contributed by atoms with Crippen LogP contribution in [0.25, 0.3) is 0 Å². The first kappa shape index (κ1) is 8.70. The lowest BCUT2D eigenvalue weighted by Gasteiger charge is -2.10. The van der Waals surface area contributed by atoms with Crippen molar-refractivity contribution in [1.82, 2.24) is 0 Å². The van der Waals surface area contributed by atoms with E-state index < -0.39 is 6.10 Å². The number of hydrogen-bond donors (Lipinski definition) is 1. The average molecular weight is 124 g/mol. The number of hydrogen-bond acceptors (Lipinski definition) is 1. The van der Waals surface area contributed by atoms with Crippen molar-refractivity contribution in [2.24, 2.45) is 0 Å². The Balaban J connectivity index is 3.50. The first-order valence-electron chi connectivity index (χ1n) is 2.73. The lowest BCUT2D eigenvalue weighted by atomic mass is 10.0. The minimum absolute atomic E-state index is 0.588. The Labute approximate surface area is 57.4 Å². The minimum Gasteiger partial charge on any atom is -0.388 e. The van der Waals surface area contributed by atoms with Crippen molar-refractivity contribution < 1.29 is 5.11 Å². The molecule has 0 aromatic heterocycles. The van der Waals surface area contributed by atoms with Gasteiger partial charge in [0.25, 0.3) is 0 Å². The van der Waals surface area contributed by atoms with Crippen LogP contribution in [0.1, 0.15) is 6.92 Å². The summed E-state index contributed by atoms with van der Waals surface area (Å²) in [6.45, 7) is 12.3. The van der Waals surface area contributed by atoms with E-state index in [2.05, 4.69) is 20.4 Å². The van der Waals surface area contributed by atoms with Crippen LogP contribution in [-0.2, 0) is 0 Å². The minimum atomic E-state index is -0.588. The highest BCUT2D eigenvalue weighted by Gasteiger charge is 2.06. The van der Waals surface area contributed by atoms with Crippen molar-refractivity contribution in [3.05, 3.63) is 38.3 Å². The van der Waals surface area contributed by atoms with Crippen LogP contribution in [0.15, 0.2) is 12.2 Å². The molecule has 0 aromatic carbocycles. The third kappa shape index (κ3) is 4.22. The summed E-state index contributed by atoms with van der Waals surface area (Å²) in [5.41, 5.74) is 0.708. The second-order valence-corrected chi connectivity index (χ2v) is 2.12. The summed E-state index contributed by atoms with van der Waals surface area (Å²) in [7, 11) is 0. The van der Waals surface area contributed by atoms with Gasteiger partial charge in [0.15, 0.2) is 0 Å². The van der Waals surface area contributed by atoms with Gasteiger partial charge < -0.3 is 5.11 Å². The molecular weight excluding hydrogens is 112 g/mol. The van der Waals surface area contributed by atoms with Crippen molar-refractivity contribution in [2.75, 3.05) is 0 Å². The van der Waals surface area contributed by atoms with Crippen LogP contribution >= 0.6 is 0 Å². The second kappa shape index (κ2) is 3.67. The maximum absolute atomic E-state index is 9.04. The predicted octanol–water partition coefficient (Wildman–Crippen LogP) is 1.37. The van der Waals surface area contributed by atoms with Gasteiger partial charge in [0.05, 0.1) is 6.10 Å². The fourth-order valence-electron chi connectivity index (χ4n) is 0.366. The molecule has 0 heterocycles. The highest BCUT2D eigenvalue weighted by Crippen LogP contribution is 2.09. The maximum Gasteiger partial charge on any atom is 0.0782 e. The fourth-order valence-corrected chi connectivity index (χ4v) is 0.366. The standard InChI is InChI=1S/C8H12O/c1-6(2)5-8(9)7(3)4/h5,8-9H,1-3H2,4H3/t8-/m0/s1. The molecule has 0 aliphatic carbocycles. The monoisotopic (exact) mass is 124 g/mol. The summed E-state index contributed by atoms with van der Waals surface area (Å²) in [4.78, 5) is 0. The molecule has 9 heavy (non-hydrogen) atoms. The van der Waals surface area contributed by atoms with Crippen molar-refractivity contribution >= 4 is 0 Å². The molecule has 0 unspecified atom stereocenters. The zero-order valence-corrected chi connectivity index (χ0v) is 5.72. The van der Waals surface area contributed by atoms with Gasteiger partial charge in [-0.2, -0.15) is 0 Å². The normalized spacial score (nSPS) is 13.9. The quantitative estimate of drug-likeness (QED) is 0.563. The molecule has 0 saturated carbocycles. The highest BCUT2D eigenvalue weighted by atomic mass is 16.3. The van der Waals surface area contributed by atoms with Crippen LogP contribution in [0, 0.1) is 26.2 Å². The lowest BCUT2D eigenvalue weighted by Crippen LogP contribution is -2.10. The summed E-state index contributed by atoms with van der Waals surface area (Å²) in [6.07, 6.45) is 0.970. The number of aliphatic hydroxyl groups excluding tert-OH is 1. The van der Waals surface area contributed by atoms with E-state index in [0.29, 0.717) is 11.5 Å². The Bertz CT molecular complexity index is 94.7. The molecule has 1 atom stereocenters. The Hall–Kier alpha value is -0.300. The van der Waals surface area contributed by atoms with Gasteiger partial charge in [0, 0.05) is 6.42 Å². The van der Waals surface area contributed by atoms with Crippen molar-refractivity contribution in [3.8, 4) is 0 Å². The van der Waals surface area contributed by atoms with Gasteiger partial charge >= 0.3 is 0 Å². The Morgan fingerprint density at radius 1 is 1.56 bits per heavy atom. The molecule has 0 fully saturated rings. The molecule has 0 aliphatic rings.